The number of methoxy groups -OCH3 is 1. The third-order valence-corrected chi connectivity index (χ3v) is 5.22. The number of piperidine rings is 1. The number of carbonyl (C=O) groups is 1. The highest BCUT2D eigenvalue weighted by Crippen LogP contribution is 2.33. The molecule has 0 unspecified atom stereocenters. The Bertz CT molecular complexity index is 525. The molecule has 3 rings (SSSR count). The van der Waals surface area contributed by atoms with Crippen LogP contribution in [0.25, 0.3) is 0 Å². The molecule has 0 bridgehead atoms. The molecule has 1 aromatic rings. The Kier molecular flexibility index (Phi) is 5.21. The maximum Gasteiger partial charge on any atom is 0.225 e. The summed E-state index contributed by atoms with van der Waals surface area (Å²) < 4.78 is 5.20. The van der Waals surface area contributed by atoms with Crippen LogP contribution in [0.1, 0.15) is 38.2 Å². The van der Waals surface area contributed by atoms with Gasteiger partial charge in [0.15, 0.2) is 0 Å². The fourth-order valence-electron chi connectivity index (χ4n) is 3.50. The summed E-state index contributed by atoms with van der Waals surface area (Å²) in [7, 11) is 1.69. The van der Waals surface area contributed by atoms with Crippen molar-refractivity contribution in [3.8, 4) is 5.75 Å². The van der Waals surface area contributed by atoms with Crippen molar-refractivity contribution in [2.75, 3.05) is 20.2 Å². The Morgan fingerprint density at radius 2 is 2.00 bits per heavy atom. The molecule has 0 aromatic heterocycles. The van der Waals surface area contributed by atoms with Gasteiger partial charge in [0, 0.05) is 31.6 Å². The van der Waals surface area contributed by atoms with Crippen molar-refractivity contribution in [3.63, 3.8) is 0 Å². The molecule has 1 amide bonds. The molecule has 23 heavy (non-hydrogen) atoms. The molecule has 1 aliphatic carbocycles. The van der Waals surface area contributed by atoms with Crippen molar-refractivity contribution < 1.29 is 9.53 Å². The van der Waals surface area contributed by atoms with E-state index in [9.17, 15) is 4.79 Å². The first-order valence-corrected chi connectivity index (χ1v) is 8.86. The Morgan fingerprint density at radius 1 is 1.26 bits per heavy atom. The lowest BCUT2D eigenvalue weighted by Crippen LogP contribution is -2.51. The highest BCUT2D eigenvalue weighted by molar-refractivity contribution is 5.81. The lowest BCUT2D eigenvalue weighted by molar-refractivity contribution is -0.134. The van der Waals surface area contributed by atoms with E-state index in [4.69, 9.17) is 4.74 Å². The number of carbonyl (C=O) groups excluding carboxylic acids is 1. The van der Waals surface area contributed by atoms with Gasteiger partial charge in [-0.3, -0.25) is 4.79 Å². The molecule has 1 saturated heterocycles. The number of amides is 1. The van der Waals surface area contributed by atoms with Crippen LogP contribution in [-0.4, -0.2) is 37.0 Å². The number of benzene rings is 1. The zero-order valence-corrected chi connectivity index (χ0v) is 14.3. The number of nitrogens with zero attached hydrogens (tertiary/aromatic N) is 1. The van der Waals surface area contributed by atoms with Crippen molar-refractivity contribution in [2.24, 2.45) is 11.8 Å². The summed E-state index contributed by atoms with van der Waals surface area (Å²) in [6, 6.07) is 8.73. The summed E-state index contributed by atoms with van der Waals surface area (Å²) in [4.78, 5) is 14.4. The Hall–Kier alpha value is -1.55. The largest absolute Gasteiger partial charge is 0.497 e. The molecule has 4 nitrogen and oxygen atoms in total. The van der Waals surface area contributed by atoms with Gasteiger partial charge in [0.1, 0.15) is 5.75 Å². The van der Waals surface area contributed by atoms with Crippen LogP contribution in [0.4, 0.5) is 0 Å². The zero-order chi connectivity index (χ0) is 16.2. The van der Waals surface area contributed by atoms with Crippen molar-refractivity contribution in [1.29, 1.82) is 0 Å². The molecule has 126 valence electrons. The molecule has 0 spiro atoms. The zero-order valence-electron chi connectivity index (χ0n) is 14.3. The van der Waals surface area contributed by atoms with Crippen LogP contribution in [0.15, 0.2) is 24.3 Å². The summed E-state index contributed by atoms with van der Waals surface area (Å²) in [5, 5.41) is 3.70. The van der Waals surface area contributed by atoms with Crippen molar-refractivity contribution in [3.05, 3.63) is 29.8 Å². The van der Waals surface area contributed by atoms with Crippen molar-refractivity contribution >= 4 is 5.91 Å². The van der Waals surface area contributed by atoms with E-state index in [1.807, 2.05) is 12.1 Å². The van der Waals surface area contributed by atoms with Gasteiger partial charge in [-0.05, 0) is 42.9 Å². The maximum absolute atomic E-state index is 12.3. The number of rotatable bonds is 6. The molecule has 2 fully saturated rings. The standard InChI is InChI=1S/C19H28N2O2/c1-3-15-13-21(19(22)16-6-7-16)11-10-18(15)20-12-14-4-8-17(23-2)9-5-14/h4-5,8-9,15-16,18,20H,3,6-7,10-13H2,1-2H3/t15-,18-/m0/s1. The number of nitrogens with one attached hydrogen (secondary N) is 1. The van der Waals surface area contributed by atoms with Gasteiger partial charge < -0.3 is 15.0 Å². The predicted octanol–water partition coefficient (Wildman–Crippen LogP) is 2.82. The van der Waals surface area contributed by atoms with E-state index in [2.05, 4.69) is 29.3 Å². The average Bonchev–Trinajstić information content (AvgIpc) is 3.44. The second-order valence-corrected chi connectivity index (χ2v) is 6.85. The van der Waals surface area contributed by atoms with Gasteiger partial charge in [0.05, 0.1) is 7.11 Å². The average molecular weight is 316 g/mol. The Morgan fingerprint density at radius 3 is 2.61 bits per heavy atom. The summed E-state index contributed by atoms with van der Waals surface area (Å²) >= 11 is 0. The topological polar surface area (TPSA) is 41.6 Å². The molecule has 1 saturated carbocycles. The Labute approximate surface area is 139 Å². The molecule has 4 heteroatoms. The first-order valence-electron chi connectivity index (χ1n) is 8.86. The quantitative estimate of drug-likeness (QED) is 0.877. The Balaban J connectivity index is 1.52. The van der Waals surface area contributed by atoms with Gasteiger partial charge in [-0.1, -0.05) is 25.5 Å². The van der Waals surface area contributed by atoms with Gasteiger partial charge >= 0.3 is 0 Å². The SMILES string of the molecule is CC[C@H]1CN(C(=O)C2CC2)CC[C@@H]1NCc1ccc(OC)cc1. The minimum Gasteiger partial charge on any atom is -0.497 e. The van der Waals surface area contributed by atoms with Crippen molar-refractivity contribution in [1.82, 2.24) is 10.2 Å². The number of ether oxygens (including phenoxy) is 1. The third-order valence-electron chi connectivity index (χ3n) is 5.22. The summed E-state index contributed by atoms with van der Waals surface area (Å²) in [5.74, 6) is 2.20. The van der Waals surface area contributed by atoms with E-state index in [0.29, 0.717) is 23.8 Å². The van der Waals surface area contributed by atoms with Crippen LogP contribution in [0.2, 0.25) is 0 Å². The highest BCUT2D eigenvalue weighted by atomic mass is 16.5. The van der Waals surface area contributed by atoms with E-state index in [-0.39, 0.29) is 0 Å². The lowest BCUT2D eigenvalue weighted by atomic mass is 9.89. The van der Waals surface area contributed by atoms with E-state index in [1.54, 1.807) is 7.11 Å². The van der Waals surface area contributed by atoms with E-state index in [1.165, 1.54) is 5.56 Å². The number of hydrogen-bond donors (Lipinski definition) is 1. The van der Waals surface area contributed by atoms with Crippen LogP contribution < -0.4 is 10.1 Å². The van der Waals surface area contributed by atoms with Crippen LogP contribution >= 0.6 is 0 Å². The third kappa shape index (κ3) is 4.05. The molecular formula is C19H28N2O2. The van der Waals surface area contributed by atoms with Crippen LogP contribution in [0.5, 0.6) is 5.75 Å². The van der Waals surface area contributed by atoms with Gasteiger partial charge in [-0.2, -0.15) is 0 Å². The predicted molar refractivity (Wildman–Crippen MR) is 91.3 cm³/mol. The van der Waals surface area contributed by atoms with Crippen LogP contribution in [-0.2, 0) is 11.3 Å². The van der Waals surface area contributed by atoms with Crippen LogP contribution in [0.3, 0.4) is 0 Å². The molecule has 1 heterocycles. The first kappa shape index (κ1) is 16.3. The van der Waals surface area contributed by atoms with E-state index < -0.39 is 0 Å². The van der Waals surface area contributed by atoms with E-state index in [0.717, 1.165) is 51.1 Å². The molecular weight excluding hydrogens is 288 g/mol. The highest BCUT2D eigenvalue weighted by Gasteiger charge is 2.37. The fraction of sp³-hybridized carbons (Fsp3) is 0.632. The second kappa shape index (κ2) is 7.35. The smallest absolute Gasteiger partial charge is 0.225 e. The first-order chi connectivity index (χ1) is 11.2. The molecule has 2 atom stereocenters. The summed E-state index contributed by atoms with van der Waals surface area (Å²) in [5.41, 5.74) is 1.28. The normalized spacial score (nSPS) is 24.5. The summed E-state index contributed by atoms with van der Waals surface area (Å²) in [6.07, 6.45) is 4.39. The van der Waals surface area contributed by atoms with Gasteiger partial charge in [-0.15, -0.1) is 0 Å². The number of likely N-dealkylation sites (tertiary alicyclic amines) is 1. The molecule has 1 aliphatic heterocycles. The fourth-order valence-corrected chi connectivity index (χ4v) is 3.50. The molecule has 0 radical (unpaired) electrons. The van der Waals surface area contributed by atoms with Crippen molar-refractivity contribution in [2.45, 2.75) is 45.2 Å². The van der Waals surface area contributed by atoms with Gasteiger partial charge in [-0.25, -0.2) is 0 Å². The molecule has 2 aliphatic rings. The molecule has 1 N–H and O–H groups in total. The second-order valence-electron chi connectivity index (χ2n) is 6.85. The maximum atomic E-state index is 12.3. The lowest BCUT2D eigenvalue weighted by Gasteiger charge is -2.39. The minimum atomic E-state index is 0.344. The van der Waals surface area contributed by atoms with E-state index >= 15 is 0 Å². The monoisotopic (exact) mass is 316 g/mol. The van der Waals surface area contributed by atoms with Gasteiger partial charge in [0.25, 0.3) is 0 Å². The van der Waals surface area contributed by atoms with Gasteiger partial charge in [0.2, 0.25) is 5.91 Å². The minimum absolute atomic E-state index is 0.344. The molecule has 1 aromatic carbocycles. The number of hydrogen-bond acceptors (Lipinski definition) is 3. The van der Waals surface area contributed by atoms with Crippen LogP contribution in [0, 0.1) is 11.8 Å². The summed E-state index contributed by atoms with van der Waals surface area (Å²) in [6.45, 7) is 4.94.